The van der Waals surface area contributed by atoms with E-state index in [1.165, 1.54) is 0 Å². The second kappa shape index (κ2) is 6.00. The van der Waals surface area contributed by atoms with Crippen LogP contribution < -0.4 is 5.32 Å². The average Bonchev–Trinajstić information content (AvgIpc) is 3.13. The molecule has 0 radical (unpaired) electrons. The van der Waals surface area contributed by atoms with Gasteiger partial charge >= 0.3 is 0 Å². The molecule has 0 spiro atoms. The van der Waals surface area contributed by atoms with Crippen LogP contribution in [0.1, 0.15) is 40.5 Å². The Morgan fingerprint density at radius 3 is 2.88 bits per heavy atom. The molecule has 1 fully saturated rings. The van der Waals surface area contributed by atoms with Crippen molar-refractivity contribution >= 4 is 11.6 Å². The zero-order valence-corrected chi connectivity index (χ0v) is 14.3. The molecular formula is C18H21N5O2. The molecule has 1 amide bonds. The number of aliphatic hydroxyl groups is 1. The summed E-state index contributed by atoms with van der Waals surface area (Å²) < 4.78 is 3.58. The van der Waals surface area contributed by atoms with Gasteiger partial charge in [-0.05, 0) is 37.8 Å². The Bertz CT molecular complexity index is 923. The number of hydrogen-bond donors (Lipinski definition) is 2. The third kappa shape index (κ3) is 2.91. The van der Waals surface area contributed by atoms with E-state index in [1.807, 2.05) is 43.0 Å². The molecule has 25 heavy (non-hydrogen) atoms. The van der Waals surface area contributed by atoms with Crippen molar-refractivity contribution in [2.45, 2.75) is 31.9 Å². The van der Waals surface area contributed by atoms with Gasteiger partial charge in [0.25, 0.3) is 5.91 Å². The van der Waals surface area contributed by atoms with E-state index in [-0.39, 0.29) is 24.0 Å². The summed E-state index contributed by atoms with van der Waals surface area (Å²) in [5.74, 6) is 0.0517. The summed E-state index contributed by atoms with van der Waals surface area (Å²) in [4.78, 5) is 17.4. The van der Waals surface area contributed by atoms with Crippen LogP contribution in [-0.4, -0.2) is 36.3 Å². The van der Waals surface area contributed by atoms with Crippen molar-refractivity contribution in [3.05, 3.63) is 53.7 Å². The molecule has 1 saturated carbocycles. The van der Waals surface area contributed by atoms with Gasteiger partial charge in [0.1, 0.15) is 5.65 Å². The molecule has 3 aromatic rings. The maximum Gasteiger partial charge on any atom is 0.255 e. The third-order valence-corrected chi connectivity index (χ3v) is 4.84. The summed E-state index contributed by atoms with van der Waals surface area (Å²) >= 11 is 0. The Morgan fingerprint density at radius 1 is 1.40 bits per heavy atom. The number of hydrogen-bond acceptors (Lipinski definition) is 4. The Labute approximate surface area is 145 Å². The zero-order chi connectivity index (χ0) is 17.6. The van der Waals surface area contributed by atoms with E-state index < -0.39 is 0 Å². The van der Waals surface area contributed by atoms with Gasteiger partial charge in [0.15, 0.2) is 0 Å². The van der Waals surface area contributed by atoms with Crippen molar-refractivity contribution < 1.29 is 9.90 Å². The highest BCUT2D eigenvalue weighted by atomic mass is 16.3. The number of nitrogens with one attached hydrogen (secondary N) is 1. The lowest BCUT2D eigenvalue weighted by Gasteiger charge is -2.37. The predicted octanol–water partition coefficient (Wildman–Crippen LogP) is 1.62. The topological polar surface area (TPSA) is 84.5 Å². The molecule has 1 aliphatic carbocycles. The number of carbonyl (C=O) groups is 1. The minimum absolute atomic E-state index is 0.161. The molecule has 130 valence electrons. The van der Waals surface area contributed by atoms with Gasteiger partial charge in [-0.1, -0.05) is 0 Å². The number of amides is 1. The van der Waals surface area contributed by atoms with E-state index in [9.17, 15) is 9.90 Å². The van der Waals surface area contributed by atoms with Crippen LogP contribution in [0.3, 0.4) is 0 Å². The maximum atomic E-state index is 12.9. The number of carbonyl (C=O) groups excluding carboxylic acids is 1. The first kappa shape index (κ1) is 15.8. The molecule has 2 N–H and O–H groups in total. The lowest BCUT2D eigenvalue weighted by atomic mass is 9.75. The van der Waals surface area contributed by atoms with Crippen molar-refractivity contribution in [1.82, 2.24) is 24.5 Å². The average molecular weight is 339 g/mol. The van der Waals surface area contributed by atoms with E-state index in [1.54, 1.807) is 16.9 Å². The molecule has 4 rings (SSSR count). The molecule has 0 aromatic carbocycles. The van der Waals surface area contributed by atoms with Crippen LogP contribution in [0, 0.1) is 12.8 Å². The van der Waals surface area contributed by atoms with Crippen LogP contribution in [-0.2, 0) is 7.05 Å². The molecule has 7 heteroatoms. The number of aliphatic hydroxyl groups excluding tert-OH is 1. The van der Waals surface area contributed by atoms with E-state index in [2.05, 4.69) is 15.4 Å². The summed E-state index contributed by atoms with van der Waals surface area (Å²) in [7, 11) is 1.85. The van der Waals surface area contributed by atoms with Gasteiger partial charge < -0.3 is 14.8 Å². The summed E-state index contributed by atoms with van der Waals surface area (Å²) in [5, 5.41) is 17.0. The van der Waals surface area contributed by atoms with Crippen LogP contribution in [0.15, 0.2) is 36.9 Å². The highest BCUT2D eigenvalue weighted by Crippen LogP contribution is 2.38. The largest absolute Gasteiger partial charge is 0.393 e. The van der Waals surface area contributed by atoms with E-state index in [4.69, 9.17) is 0 Å². The van der Waals surface area contributed by atoms with Gasteiger partial charge in [0, 0.05) is 31.2 Å². The van der Waals surface area contributed by atoms with Crippen molar-refractivity contribution in [2.24, 2.45) is 13.0 Å². The van der Waals surface area contributed by atoms with Crippen molar-refractivity contribution in [2.75, 3.05) is 0 Å². The van der Waals surface area contributed by atoms with Crippen molar-refractivity contribution in [1.29, 1.82) is 0 Å². The smallest absolute Gasteiger partial charge is 0.255 e. The van der Waals surface area contributed by atoms with Crippen LogP contribution in [0.4, 0.5) is 0 Å². The fraction of sp³-hybridized carbons (Fsp3) is 0.389. The van der Waals surface area contributed by atoms with Crippen LogP contribution >= 0.6 is 0 Å². The molecule has 0 bridgehead atoms. The minimum Gasteiger partial charge on any atom is -0.393 e. The van der Waals surface area contributed by atoms with E-state index in [0.29, 0.717) is 24.1 Å². The molecule has 0 unspecified atom stereocenters. The van der Waals surface area contributed by atoms with Gasteiger partial charge in [-0.25, -0.2) is 4.98 Å². The summed E-state index contributed by atoms with van der Waals surface area (Å²) in [6, 6.07) is 3.46. The number of nitrogens with zero attached hydrogens (tertiary/aromatic N) is 4. The molecule has 7 nitrogen and oxygen atoms in total. The van der Waals surface area contributed by atoms with E-state index >= 15 is 0 Å². The summed E-state index contributed by atoms with van der Waals surface area (Å²) in [6.07, 6.45) is 8.56. The number of aromatic nitrogens is 4. The van der Waals surface area contributed by atoms with Crippen LogP contribution in [0.25, 0.3) is 5.65 Å². The lowest BCUT2D eigenvalue weighted by molar-refractivity contribution is 0.0235. The standard InChI is InChI=1S/C18H21N5O2/c1-11-9-23-5-3-4-15(17(23)20-11)18(25)21-16(12-6-14(24)7-12)13-8-19-22(2)10-13/h3-5,8-10,12,14,16,24H,6-7H2,1-2H3,(H,21,25)/t12?,14?,16-/m0/s1. The molecule has 1 atom stereocenters. The molecular weight excluding hydrogens is 318 g/mol. The Hall–Kier alpha value is -2.67. The number of aryl methyl sites for hydroxylation is 2. The fourth-order valence-electron chi connectivity index (χ4n) is 3.51. The lowest BCUT2D eigenvalue weighted by Crippen LogP contribution is -2.41. The SMILES string of the molecule is Cc1cn2cccc(C(=O)N[C@H](c3cnn(C)c3)C3CC(O)C3)c2n1. The van der Waals surface area contributed by atoms with Gasteiger partial charge in [0.2, 0.25) is 0 Å². The molecule has 0 saturated heterocycles. The first-order valence-electron chi connectivity index (χ1n) is 8.43. The number of rotatable bonds is 4. The predicted molar refractivity (Wildman–Crippen MR) is 92.1 cm³/mol. The molecule has 0 aliphatic heterocycles. The Balaban J connectivity index is 1.63. The van der Waals surface area contributed by atoms with E-state index in [0.717, 1.165) is 11.3 Å². The first-order valence-corrected chi connectivity index (χ1v) is 8.43. The van der Waals surface area contributed by atoms with Gasteiger partial charge in [-0.2, -0.15) is 5.10 Å². The Kier molecular flexibility index (Phi) is 3.80. The van der Waals surface area contributed by atoms with Crippen molar-refractivity contribution in [3.63, 3.8) is 0 Å². The molecule has 3 heterocycles. The first-order chi connectivity index (χ1) is 12.0. The molecule has 3 aromatic heterocycles. The van der Waals surface area contributed by atoms with Crippen LogP contribution in [0.5, 0.6) is 0 Å². The fourth-order valence-corrected chi connectivity index (χ4v) is 3.51. The second-order valence-corrected chi connectivity index (χ2v) is 6.82. The number of imidazole rings is 1. The van der Waals surface area contributed by atoms with Crippen LogP contribution in [0.2, 0.25) is 0 Å². The molecule has 1 aliphatic rings. The maximum absolute atomic E-state index is 12.9. The Morgan fingerprint density at radius 2 is 2.20 bits per heavy atom. The second-order valence-electron chi connectivity index (χ2n) is 6.82. The van der Waals surface area contributed by atoms with Gasteiger partial charge in [0.05, 0.1) is 29.6 Å². The van der Waals surface area contributed by atoms with Gasteiger partial charge in [-0.3, -0.25) is 9.48 Å². The highest BCUT2D eigenvalue weighted by molar-refractivity contribution is 6.00. The normalized spacial score (nSPS) is 21.1. The van der Waals surface area contributed by atoms with Crippen molar-refractivity contribution in [3.8, 4) is 0 Å². The highest BCUT2D eigenvalue weighted by Gasteiger charge is 2.36. The quantitative estimate of drug-likeness (QED) is 0.756. The zero-order valence-electron chi connectivity index (χ0n) is 14.3. The minimum atomic E-state index is -0.278. The summed E-state index contributed by atoms with van der Waals surface area (Å²) in [5.41, 5.74) is 3.02. The third-order valence-electron chi connectivity index (χ3n) is 4.84. The number of fused-ring (bicyclic) bond motifs is 1. The number of pyridine rings is 1. The monoisotopic (exact) mass is 339 g/mol. The summed E-state index contributed by atoms with van der Waals surface area (Å²) in [6.45, 7) is 1.91. The van der Waals surface area contributed by atoms with Gasteiger partial charge in [-0.15, -0.1) is 0 Å².